The molecule has 2 rings (SSSR count). The molecule has 0 unspecified atom stereocenters. The number of nitrogens with zero attached hydrogens (tertiary/aromatic N) is 1. The lowest BCUT2D eigenvalue weighted by atomic mass is 10.2. The minimum absolute atomic E-state index is 0.149. The molecule has 5 heteroatoms. The minimum Gasteiger partial charge on any atom is -0.449 e. The summed E-state index contributed by atoms with van der Waals surface area (Å²) in [6.07, 6.45) is 1.10. The zero-order chi connectivity index (χ0) is 16.1. The number of rotatable bonds is 4. The van der Waals surface area contributed by atoms with Gasteiger partial charge in [0, 0.05) is 12.2 Å². The van der Waals surface area contributed by atoms with E-state index < -0.39 is 12.1 Å². The summed E-state index contributed by atoms with van der Waals surface area (Å²) >= 11 is 0. The first-order chi connectivity index (χ1) is 10.5. The second kappa shape index (κ2) is 7.29. The second-order valence-electron chi connectivity index (χ2n) is 6.18. The number of hydrogen-bond donors (Lipinski definition) is 1. The number of amides is 2. The van der Waals surface area contributed by atoms with E-state index >= 15 is 0 Å². The maximum atomic E-state index is 12.4. The molecule has 1 aliphatic rings. The first kappa shape index (κ1) is 16.3. The molecule has 120 valence electrons. The smallest absolute Gasteiger partial charge is 0.410 e. The highest BCUT2D eigenvalue weighted by Gasteiger charge is 2.35. The van der Waals surface area contributed by atoms with Gasteiger partial charge in [0.05, 0.1) is 6.61 Å². The van der Waals surface area contributed by atoms with Gasteiger partial charge in [-0.05, 0) is 43.4 Å². The number of ether oxygens (including phenoxy) is 1. The normalized spacial score (nSPS) is 17.6. The van der Waals surface area contributed by atoms with Gasteiger partial charge in [0.15, 0.2) is 0 Å². The third-order valence-corrected chi connectivity index (χ3v) is 3.62. The van der Waals surface area contributed by atoms with Gasteiger partial charge in [0.1, 0.15) is 6.04 Å². The van der Waals surface area contributed by atoms with E-state index in [-0.39, 0.29) is 11.8 Å². The molecule has 0 aliphatic carbocycles. The third kappa shape index (κ3) is 4.23. The molecule has 1 saturated heterocycles. The van der Waals surface area contributed by atoms with Crippen LogP contribution in [0.4, 0.5) is 10.5 Å². The summed E-state index contributed by atoms with van der Waals surface area (Å²) in [5, 5.41) is 2.89. The van der Waals surface area contributed by atoms with Gasteiger partial charge in [-0.2, -0.15) is 0 Å². The van der Waals surface area contributed by atoms with Crippen molar-refractivity contribution in [1.82, 2.24) is 4.90 Å². The average Bonchev–Trinajstić information content (AvgIpc) is 2.94. The molecule has 22 heavy (non-hydrogen) atoms. The van der Waals surface area contributed by atoms with Gasteiger partial charge >= 0.3 is 6.09 Å². The van der Waals surface area contributed by atoms with Crippen LogP contribution in [0.1, 0.15) is 32.3 Å². The van der Waals surface area contributed by atoms with Crippen LogP contribution in [0.15, 0.2) is 24.3 Å². The monoisotopic (exact) mass is 304 g/mol. The number of benzene rings is 1. The van der Waals surface area contributed by atoms with Crippen LogP contribution in [0.2, 0.25) is 0 Å². The Balaban J connectivity index is 1.97. The highest BCUT2D eigenvalue weighted by molar-refractivity contribution is 5.96. The fourth-order valence-corrected chi connectivity index (χ4v) is 2.53. The molecule has 0 aromatic heterocycles. The molecule has 2 amide bonds. The van der Waals surface area contributed by atoms with Gasteiger partial charge in [-0.25, -0.2) is 4.79 Å². The fraction of sp³-hybridized carbons (Fsp3) is 0.529. The van der Waals surface area contributed by atoms with Crippen molar-refractivity contribution < 1.29 is 14.3 Å². The summed E-state index contributed by atoms with van der Waals surface area (Å²) < 4.78 is 5.24. The zero-order valence-electron chi connectivity index (χ0n) is 13.5. The number of carbonyl (C=O) groups excluding carboxylic acids is 2. The highest BCUT2D eigenvalue weighted by atomic mass is 16.6. The van der Waals surface area contributed by atoms with E-state index in [4.69, 9.17) is 4.74 Å². The maximum Gasteiger partial charge on any atom is 0.410 e. The highest BCUT2D eigenvalue weighted by Crippen LogP contribution is 2.20. The Morgan fingerprint density at radius 1 is 1.41 bits per heavy atom. The van der Waals surface area contributed by atoms with Crippen molar-refractivity contribution in [2.75, 3.05) is 18.5 Å². The van der Waals surface area contributed by atoms with Gasteiger partial charge in [0.25, 0.3) is 0 Å². The van der Waals surface area contributed by atoms with Gasteiger partial charge in [0.2, 0.25) is 5.91 Å². The van der Waals surface area contributed by atoms with E-state index in [1.54, 1.807) is 0 Å². The van der Waals surface area contributed by atoms with Crippen molar-refractivity contribution in [3.8, 4) is 0 Å². The summed E-state index contributed by atoms with van der Waals surface area (Å²) in [5.41, 5.74) is 1.84. The SMILES string of the molecule is Cc1cccc(NC(=O)[C@@H]2CCCN2C(=O)OCC(C)C)c1. The Morgan fingerprint density at radius 3 is 2.86 bits per heavy atom. The van der Waals surface area contributed by atoms with Crippen molar-refractivity contribution in [1.29, 1.82) is 0 Å². The molecule has 5 nitrogen and oxygen atoms in total. The summed E-state index contributed by atoms with van der Waals surface area (Å²) in [7, 11) is 0. The van der Waals surface area contributed by atoms with Crippen LogP contribution in [-0.2, 0) is 9.53 Å². The van der Waals surface area contributed by atoms with Crippen LogP contribution in [0.5, 0.6) is 0 Å². The Bertz CT molecular complexity index is 542. The average molecular weight is 304 g/mol. The van der Waals surface area contributed by atoms with Crippen LogP contribution in [0.3, 0.4) is 0 Å². The maximum absolute atomic E-state index is 12.4. The molecule has 1 N–H and O–H groups in total. The van der Waals surface area contributed by atoms with Crippen molar-refractivity contribution >= 4 is 17.7 Å². The largest absolute Gasteiger partial charge is 0.449 e. The summed E-state index contributed by atoms with van der Waals surface area (Å²) in [6.45, 7) is 6.89. The van der Waals surface area contributed by atoms with Crippen LogP contribution < -0.4 is 5.32 Å². The first-order valence-electron chi connectivity index (χ1n) is 7.78. The van der Waals surface area contributed by atoms with E-state index in [0.717, 1.165) is 17.7 Å². The Labute approximate surface area is 131 Å². The Hall–Kier alpha value is -2.04. The lowest BCUT2D eigenvalue weighted by Crippen LogP contribution is -2.43. The van der Waals surface area contributed by atoms with Gasteiger partial charge in [-0.15, -0.1) is 0 Å². The predicted octanol–water partition coefficient (Wildman–Crippen LogP) is 3.19. The fourth-order valence-electron chi connectivity index (χ4n) is 2.53. The minimum atomic E-state index is -0.444. The molecule has 0 bridgehead atoms. The lowest BCUT2D eigenvalue weighted by Gasteiger charge is -2.23. The molecular formula is C17H24N2O3. The van der Waals surface area contributed by atoms with Crippen molar-refractivity contribution in [3.63, 3.8) is 0 Å². The quantitative estimate of drug-likeness (QED) is 0.929. The Kier molecular flexibility index (Phi) is 5.41. The standard InChI is InChI=1S/C17H24N2O3/c1-12(2)11-22-17(21)19-9-5-8-15(19)16(20)18-14-7-4-6-13(3)10-14/h4,6-7,10,12,15H,5,8-9,11H2,1-3H3,(H,18,20)/t15-/m0/s1. The Morgan fingerprint density at radius 2 is 2.18 bits per heavy atom. The first-order valence-corrected chi connectivity index (χ1v) is 7.78. The van der Waals surface area contributed by atoms with Crippen LogP contribution in [0, 0.1) is 12.8 Å². The molecule has 0 saturated carbocycles. The molecule has 1 aromatic carbocycles. The molecule has 1 aromatic rings. The topological polar surface area (TPSA) is 58.6 Å². The van der Waals surface area contributed by atoms with Crippen LogP contribution >= 0.6 is 0 Å². The van der Waals surface area contributed by atoms with E-state index in [1.165, 1.54) is 4.90 Å². The number of anilines is 1. The van der Waals surface area contributed by atoms with E-state index in [0.29, 0.717) is 19.6 Å². The van der Waals surface area contributed by atoms with Gasteiger partial charge in [-0.1, -0.05) is 26.0 Å². The number of nitrogens with one attached hydrogen (secondary N) is 1. The van der Waals surface area contributed by atoms with Gasteiger partial charge in [-0.3, -0.25) is 9.69 Å². The van der Waals surface area contributed by atoms with E-state index in [2.05, 4.69) is 5.32 Å². The number of aryl methyl sites for hydroxylation is 1. The molecule has 1 atom stereocenters. The van der Waals surface area contributed by atoms with Crippen LogP contribution in [0.25, 0.3) is 0 Å². The van der Waals surface area contributed by atoms with E-state index in [1.807, 2.05) is 45.0 Å². The molecule has 1 heterocycles. The molecular weight excluding hydrogens is 280 g/mol. The summed E-state index contributed by atoms with van der Waals surface area (Å²) in [5.74, 6) is 0.135. The molecule has 1 fully saturated rings. The summed E-state index contributed by atoms with van der Waals surface area (Å²) in [4.78, 5) is 26.0. The lowest BCUT2D eigenvalue weighted by molar-refractivity contribution is -0.120. The second-order valence-corrected chi connectivity index (χ2v) is 6.18. The van der Waals surface area contributed by atoms with Gasteiger partial charge < -0.3 is 10.1 Å². The third-order valence-electron chi connectivity index (χ3n) is 3.62. The molecule has 0 radical (unpaired) electrons. The van der Waals surface area contributed by atoms with Crippen LogP contribution in [-0.4, -0.2) is 36.1 Å². The van der Waals surface area contributed by atoms with Crippen molar-refractivity contribution in [2.24, 2.45) is 5.92 Å². The molecule has 1 aliphatic heterocycles. The molecule has 0 spiro atoms. The summed E-state index contributed by atoms with van der Waals surface area (Å²) in [6, 6.07) is 7.19. The number of carbonyl (C=O) groups is 2. The predicted molar refractivity (Wildman–Crippen MR) is 85.7 cm³/mol. The van der Waals surface area contributed by atoms with Crippen molar-refractivity contribution in [2.45, 2.75) is 39.7 Å². The number of likely N-dealkylation sites (tertiary alicyclic amines) is 1. The van der Waals surface area contributed by atoms with E-state index in [9.17, 15) is 9.59 Å². The number of hydrogen-bond acceptors (Lipinski definition) is 3. The zero-order valence-corrected chi connectivity index (χ0v) is 13.5. The van der Waals surface area contributed by atoms with Crippen molar-refractivity contribution in [3.05, 3.63) is 29.8 Å².